The molecule has 5 heteroatoms. The summed E-state index contributed by atoms with van der Waals surface area (Å²) in [5, 5.41) is 12.9. The molecule has 1 fully saturated rings. The molecule has 1 aliphatic rings. The highest BCUT2D eigenvalue weighted by Gasteiger charge is 2.32. The molecule has 1 aromatic carbocycles. The minimum atomic E-state index is -0.655. The molecule has 2 unspecified atom stereocenters. The summed E-state index contributed by atoms with van der Waals surface area (Å²) in [6.45, 7) is 5.47. The number of β-amino-alcohol motifs (C(OH)–C–C–N with tert-alkyl or cyclic N) is 1. The van der Waals surface area contributed by atoms with Gasteiger partial charge in [-0.3, -0.25) is 9.69 Å². The summed E-state index contributed by atoms with van der Waals surface area (Å²) in [5.74, 6) is -0.00174. The van der Waals surface area contributed by atoms with Crippen LogP contribution in [0, 0.1) is 0 Å². The molecule has 2 N–H and O–H groups in total. The number of carbonyl (C=O) groups excluding carboxylic acids is 1. The van der Waals surface area contributed by atoms with Crippen molar-refractivity contribution in [3.63, 3.8) is 0 Å². The third-order valence-corrected chi connectivity index (χ3v) is 4.17. The number of likely N-dealkylation sites (tertiary alicyclic amines) is 1. The second-order valence-corrected chi connectivity index (χ2v) is 6.71. The second kappa shape index (κ2) is 6.24. The van der Waals surface area contributed by atoms with Crippen LogP contribution in [0.1, 0.15) is 31.9 Å². The SMILES string of the molecule is CC(NC(=O)CN1CCC(C)(O)C1)c1ccc(Br)cc1. The van der Waals surface area contributed by atoms with E-state index in [2.05, 4.69) is 21.2 Å². The fraction of sp³-hybridized carbons (Fsp3) is 0.533. The van der Waals surface area contributed by atoms with Crippen LogP contribution in [0.5, 0.6) is 0 Å². The first-order chi connectivity index (χ1) is 9.35. The lowest BCUT2D eigenvalue weighted by atomic mass is 10.1. The number of hydrogen-bond acceptors (Lipinski definition) is 3. The normalized spacial score (nSPS) is 24.6. The lowest BCUT2D eigenvalue weighted by Crippen LogP contribution is -2.39. The Hall–Kier alpha value is -0.910. The molecule has 0 spiro atoms. The van der Waals surface area contributed by atoms with Gasteiger partial charge in [0.15, 0.2) is 0 Å². The van der Waals surface area contributed by atoms with Crippen LogP contribution in [0.4, 0.5) is 0 Å². The van der Waals surface area contributed by atoms with E-state index < -0.39 is 5.60 Å². The van der Waals surface area contributed by atoms with Crippen LogP contribution < -0.4 is 5.32 Å². The van der Waals surface area contributed by atoms with Gasteiger partial charge in [-0.25, -0.2) is 0 Å². The van der Waals surface area contributed by atoms with Crippen LogP contribution >= 0.6 is 15.9 Å². The van der Waals surface area contributed by atoms with Gasteiger partial charge in [-0.15, -0.1) is 0 Å². The molecule has 1 amide bonds. The van der Waals surface area contributed by atoms with Crippen LogP contribution in [-0.2, 0) is 4.79 Å². The molecule has 4 nitrogen and oxygen atoms in total. The number of nitrogens with zero attached hydrogens (tertiary/aromatic N) is 1. The number of aliphatic hydroxyl groups is 1. The van der Waals surface area contributed by atoms with Gasteiger partial charge in [-0.2, -0.15) is 0 Å². The molecule has 1 heterocycles. The van der Waals surface area contributed by atoms with Crippen molar-refractivity contribution in [1.29, 1.82) is 0 Å². The first-order valence-corrected chi connectivity index (χ1v) is 7.65. The van der Waals surface area contributed by atoms with Gasteiger partial charge in [0.2, 0.25) is 5.91 Å². The van der Waals surface area contributed by atoms with Crippen molar-refractivity contribution >= 4 is 21.8 Å². The number of rotatable bonds is 4. The van der Waals surface area contributed by atoms with Crippen LogP contribution in [0.25, 0.3) is 0 Å². The first-order valence-electron chi connectivity index (χ1n) is 6.85. The molecule has 1 aliphatic heterocycles. The predicted molar refractivity (Wildman–Crippen MR) is 82.4 cm³/mol. The third kappa shape index (κ3) is 4.30. The highest BCUT2D eigenvalue weighted by Crippen LogP contribution is 2.20. The van der Waals surface area contributed by atoms with Crippen molar-refractivity contribution in [3.8, 4) is 0 Å². The van der Waals surface area contributed by atoms with Gasteiger partial charge in [0.05, 0.1) is 18.2 Å². The Morgan fingerprint density at radius 2 is 2.15 bits per heavy atom. The molecule has 0 aliphatic carbocycles. The van der Waals surface area contributed by atoms with Crippen molar-refractivity contribution < 1.29 is 9.90 Å². The average molecular weight is 341 g/mol. The van der Waals surface area contributed by atoms with E-state index >= 15 is 0 Å². The highest BCUT2D eigenvalue weighted by atomic mass is 79.9. The minimum absolute atomic E-state index is 0.00174. The van der Waals surface area contributed by atoms with Crippen LogP contribution in [0.3, 0.4) is 0 Å². The Balaban J connectivity index is 1.84. The zero-order valence-corrected chi connectivity index (χ0v) is 13.5. The summed E-state index contributed by atoms with van der Waals surface area (Å²) in [5.41, 5.74) is 0.424. The second-order valence-electron chi connectivity index (χ2n) is 5.80. The summed E-state index contributed by atoms with van der Waals surface area (Å²) in [4.78, 5) is 14.0. The quantitative estimate of drug-likeness (QED) is 0.882. The van der Waals surface area contributed by atoms with Crippen LogP contribution in [0.2, 0.25) is 0 Å². The maximum absolute atomic E-state index is 12.0. The molecule has 0 aromatic heterocycles. The van der Waals surface area contributed by atoms with E-state index in [1.165, 1.54) is 0 Å². The molecule has 0 saturated carbocycles. The highest BCUT2D eigenvalue weighted by molar-refractivity contribution is 9.10. The number of nitrogens with one attached hydrogen (secondary N) is 1. The largest absolute Gasteiger partial charge is 0.389 e. The monoisotopic (exact) mass is 340 g/mol. The number of halogens is 1. The number of amides is 1. The number of benzene rings is 1. The van der Waals surface area contributed by atoms with Crippen molar-refractivity contribution in [1.82, 2.24) is 10.2 Å². The number of carbonyl (C=O) groups is 1. The third-order valence-electron chi connectivity index (χ3n) is 3.65. The smallest absolute Gasteiger partial charge is 0.234 e. The Bertz CT molecular complexity index is 473. The molecular formula is C15H21BrN2O2. The minimum Gasteiger partial charge on any atom is -0.389 e. The molecule has 1 aromatic rings. The van der Waals surface area contributed by atoms with Crippen molar-refractivity contribution in [3.05, 3.63) is 34.3 Å². The van der Waals surface area contributed by atoms with E-state index in [1.54, 1.807) is 0 Å². The fourth-order valence-electron chi connectivity index (χ4n) is 2.50. The van der Waals surface area contributed by atoms with E-state index in [1.807, 2.05) is 43.0 Å². The zero-order chi connectivity index (χ0) is 14.8. The zero-order valence-electron chi connectivity index (χ0n) is 11.9. The molecule has 1 saturated heterocycles. The van der Waals surface area contributed by atoms with Gasteiger partial charge in [-0.1, -0.05) is 28.1 Å². The standard InChI is InChI=1S/C15H21BrN2O2/c1-11(12-3-5-13(16)6-4-12)17-14(19)9-18-8-7-15(2,20)10-18/h3-6,11,20H,7-10H2,1-2H3,(H,17,19). The Morgan fingerprint density at radius 1 is 1.50 bits per heavy atom. The van der Waals surface area contributed by atoms with E-state index in [4.69, 9.17) is 0 Å². The Labute approximate surface area is 128 Å². The predicted octanol–water partition coefficient (Wildman–Crippen LogP) is 2.08. The van der Waals surface area contributed by atoms with E-state index in [9.17, 15) is 9.90 Å². The van der Waals surface area contributed by atoms with Crippen molar-refractivity contribution in [2.75, 3.05) is 19.6 Å². The van der Waals surface area contributed by atoms with Gasteiger partial charge in [0.25, 0.3) is 0 Å². The van der Waals surface area contributed by atoms with Crippen LogP contribution in [-0.4, -0.2) is 41.1 Å². The maximum atomic E-state index is 12.0. The molecule has 110 valence electrons. The summed E-state index contributed by atoms with van der Waals surface area (Å²) >= 11 is 3.40. The van der Waals surface area contributed by atoms with E-state index in [0.29, 0.717) is 13.1 Å². The van der Waals surface area contributed by atoms with Gasteiger partial charge >= 0.3 is 0 Å². The first kappa shape index (κ1) is 15.5. The molecular weight excluding hydrogens is 320 g/mol. The lowest BCUT2D eigenvalue weighted by Gasteiger charge is -2.20. The Morgan fingerprint density at radius 3 is 2.70 bits per heavy atom. The lowest BCUT2D eigenvalue weighted by molar-refractivity contribution is -0.122. The summed E-state index contributed by atoms with van der Waals surface area (Å²) in [7, 11) is 0. The van der Waals surface area contributed by atoms with Gasteiger partial charge in [0.1, 0.15) is 0 Å². The summed E-state index contributed by atoms with van der Waals surface area (Å²) < 4.78 is 1.03. The van der Waals surface area contributed by atoms with Crippen LogP contribution in [0.15, 0.2) is 28.7 Å². The molecule has 2 rings (SSSR count). The van der Waals surface area contributed by atoms with Gasteiger partial charge in [0, 0.05) is 17.6 Å². The molecule has 20 heavy (non-hydrogen) atoms. The van der Waals surface area contributed by atoms with E-state index in [0.717, 1.165) is 23.0 Å². The molecule has 2 atom stereocenters. The van der Waals surface area contributed by atoms with Crippen molar-refractivity contribution in [2.24, 2.45) is 0 Å². The Kier molecular flexibility index (Phi) is 4.83. The molecule has 0 bridgehead atoms. The van der Waals surface area contributed by atoms with Gasteiger partial charge in [-0.05, 0) is 38.0 Å². The fourth-order valence-corrected chi connectivity index (χ4v) is 2.76. The number of hydrogen-bond donors (Lipinski definition) is 2. The molecule has 0 radical (unpaired) electrons. The topological polar surface area (TPSA) is 52.6 Å². The van der Waals surface area contributed by atoms with E-state index in [-0.39, 0.29) is 11.9 Å². The summed E-state index contributed by atoms with van der Waals surface area (Å²) in [6.07, 6.45) is 0.725. The van der Waals surface area contributed by atoms with Gasteiger partial charge < -0.3 is 10.4 Å². The van der Waals surface area contributed by atoms with Crippen molar-refractivity contribution in [2.45, 2.75) is 31.9 Å². The maximum Gasteiger partial charge on any atom is 0.234 e. The average Bonchev–Trinajstić information content (AvgIpc) is 2.69. The summed E-state index contributed by atoms with van der Waals surface area (Å²) in [6, 6.07) is 7.91.